The number of hydrogen-bond donors (Lipinski definition) is 2. The van der Waals surface area contributed by atoms with Gasteiger partial charge in [-0.2, -0.15) is 0 Å². The van der Waals surface area contributed by atoms with E-state index in [2.05, 4.69) is 5.32 Å². The van der Waals surface area contributed by atoms with Crippen molar-refractivity contribution in [2.24, 2.45) is 5.73 Å². The number of carbonyl (C=O) groups is 2. The van der Waals surface area contributed by atoms with Crippen molar-refractivity contribution in [3.8, 4) is 0 Å². The van der Waals surface area contributed by atoms with Crippen LogP contribution >= 0.6 is 11.3 Å². The highest BCUT2D eigenvalue weighted by Crippen LogP contribution is 2.37. The minimum Gasteiger partial charge on any atom is -0.365 e. The van der Waals surface area contributed by atoms with E-state index in [-0.39, 0.29) is 5.91 Å². The molecule has 2 amide bonds. The molecule has 3 rings (SSSR count). The van der Waals surface area contributed by atoms with E-state index in [1.807, 2.05) is 30.3 Å². The van der Waals surface area contributed by atoms with Crippen molar-refractivity contribution >= 4 is 34.2 Å². The lowest BCUT2D eigenvalue weighted by molar-refractivity contribution is -0.111. The molecule has 0 atom stereocenters. The van der Waals surface area contributed by atoms with Crippen LogP contribution in [-0.2, 0) is 17.6 Å². The molecular formula is C18H18N2O2S. The Morgan fingerprint density at radius 2 is 1.87 bits per heavy atom. The fourth-order valence-corrected chi connectivity index (χ4v) is 4.10. The minimum atomic E-state index is -0.466. The van der Waals surface area contributed by atoms with Crippen LogP contribution < -0.4 is 11.1 Å². The maximum absolute atomic E-state index is 12.1. The zero-order valence-corrected chi connectivity index (χ0v) is 13.5. The number of primary amides is 1. The molecule has 0 fully saturated rings. The van der Waals surface area contributed by atoms with Crippen LogP contribution in [0.4, 0.5) is 5.00 Å². The largest absolute Gasteiger partial charge is 0.365 e. The summed E-state index contributed by atoms with van der Waals surface area (Å²) >= 11 is 1.47. The summed E-state index contributed by atoms with van der Waals surface area (Å²) in [5, 5.41) is 3.39. The third-order valence-corrected chi connectivity index (χ3v) is 5.09. The molecule has 0 unspecified atom stereocenters. The van der Waals surface area contributed by atoms with Gasteiger partial charge in [0, 0.05) is 11.0 Å². The minimum absolute atomic E-state index is 0.255. The van der Waals surface area contributed by atoms with Crippen LogP contribution in [0.5, 0.6) is 0 Å². The molecule has 0 saturated carbocycles. The SMILES string of the molecule is NC(=O)c1c(NC(=O)/C=C/c2ccccc2)sc2c1CCCC2. The molecule has 5 heteroatoms. The van der Waals surface area contributed by atoms with Gasteiger partial charge >= 0.3 is 0 Å². The van der Waals surface area contributed by atoms with E-state index in [9.17, 15) is 9.59 Å². The smallest absolute Gasteiger partial charge is 0.251 e. The number of nitrogens with two attached hydrogens (primary N) is 1. The van der Waals surface area contributed by atoms with Crippen molar-refractivity contribution in [1.82, 2.24) is 0 Å². The molecule has 1 aliphatic carbocycles. The first-order valence-electron chi connectivity index (χ1n) is 7.63. The Hall–Kier alpha value is -2.40. The number of benzene rings is 1. The summed E-state index contributed by atoms with van der Waals surface area (Å²) in [5.41, 5.74) is 7.99. The molecule has 0 spiro atoms. The summed E-state index contributed by atoms with van der Waals surface area (Å²) in [5.74, 6) is -0.721. The van der Waals surface area contributed by atoms with Crippen molar-refractivity contribution in [2.45, 2.75) is 25.7 Å². The van der Waals surface area contributed by atoms with Crippen LogP contribution in [0.3, 0.4) is 0 Å². The molecular weight excluding hydrogens is 308 g/mol. The van der Waals surface area contributed by atoms with E-state index in [0.29, 0.717) is 10.6 Å². The van der Waals surface area contributed by atoms with Crippen molar-refractivity contribution in [2.75, 3.05) is 5.32 Å². The average molecular weight is 326 g/mol. The molecule has 0 saturated heterocycles. The van der Waals surface area contributed by atoms with Gasteiger partial charge in [-0.25, -0.2) is 0 Å². The van der Waals surface area contributed by atoms with Gasteiger partial charge < -0.3 is 11.1 Å². The third-order valence-electron chi connectivity index (χ3n) is 3.88. The van der Waals surface area contributed by atoms with Crippen molar-refractivity contribution < 1.29 is 9.59 Å². The summed E-state index contributed by atoms with van der Waals surface area (Å²) in [6.07, 6.45) is 7.21. The topological polar surface area (TPSA) is 72.2 Å². The maximum atomic E-state index is 12.1. The van der Waals surface area contributed by atoms with Crippen LogP contribution in [0.25, 0.3) is 6.08 Å². The highest BCUT2D eigenvalue weighted by molar-refractivity contribution is 7.17. The van der Waals surface area contributed by atoms with Crippen LogP contribution in [-0.4, -0.2) is 11.8 Å². The predicted octanol–water partition coefficient (Wildman–Crippen LogP) is 3.38. The van der Waals surface area contributed by atoms with Gasteiger partial charge in [0.15, 0.2) is 0 Å². The summed E-state index contributed by atoms with van der Waals surface area (Å²) in [6.45, 7) is 0. The summed E-state index contributed by atoms with van der Waals surface area (Å²) in [6, 6.07) is 9.59. The zero-order chi connectivity index (χ0) is 16.2. The number of aryl methyl sites for hydroxylation is 1. The first kappa shape index (κ1) is 15.5. The molecule has 4 nitrogen and oxygen atoms in total. The molecule has 118 valence electrons. The number of carbonyl (C=O) groups excluding carboxylic acids is 2. The third kappa shape index (κ3) is 3.51. The van der Waals surface area contributed by atoms with Gasteiger partial charge in [-0.05, 0) is 42.9 Å². The second kappa shape index (κ2) is 6.79. The van der Waals surface area contributed by atoms with Crippen molar-refractivity contribution in [1.29, 1.82) is 0 Å². The first-order valence-corrected chi connectivity index (χ1v) is 8.45. The highest BCUT2D eigenvalue weighted by Gasteiger charge is 2.24. The Bertz CT molecular complexity index is 763. The molecule has 1 aliphatic rings. The number of hydrogen-bond acceptors (Lipinski definition) is 3. The summed E-state index contributed by atoms with van der Waals surface area (Å²) in [7, 11) is 0. The standard InChI is InChI=1S/C18H18N2O2S/c19-17(22)16-13-8-4-5-9-14(13)23-18(16)20-15(21)11-10-12-6-2-1-3-7-12/h1-3,6-7,10-11H,4-5,8-9H2,(H2,19,22)(H,20,21)/b11-10+. The Morgan fingerprint density at radius 1 is 1.13 bits per heavy atom. The lowest BCUT2D eigenvalue weighted by atomic mass is 9.95. The van der Waals surface area contributed by atoms with E-state index in [0.717, 1.165) is 36.8 Å². The molecule has 0 bridgehead atoms. The highest BCUT2D eigenvalue weighted by atomic mass is 32.1. The number of thiophene rings is 1. The number of anilines is 1. The lowest BCUT2D eigenvalue weighted by Crippen LogP contribution is -2.17. The van der Waals surface area contributed by atoms with Gasteiger partial charge in [-0.1, -0.05) is 30.3 Å². The number of nitrogens with one attached hydrogen (secondary N) is 1. The fraction of sp³-hybridized carbons (Fsp3) is 0.222. The molecule has 0 radical (unpaired) electrons. The van der Waals surface area contributed by atoms with E-state index in [4.69, 9.17) is 5.73 Å². The Labute approximate surface area is 139 Å². The summed E-state index contributed by atoms with van der Waals surface area (Å²) < 4.78 is 0. The van der Waals surface area contributed by atoms with Gasteiger partial charge in [-0.15, -0.1) is 11.3 Å². The molecule has 2 aromatic rings. The van der Waals surface area contributed by atoms with Crippen molar-refractivity contribution in [3.05, 3.63) is 58.0 Å². The number of rotatable bonds is 4. The number of fused-ring (bicyclic) bond motifs is 1. The average Bonchev–Trinajstić information content (AvgIpc) is 2.91. The van der Waals surface area contributed by atoms with Crippen LogP contribution in [0.15, 0.2) is 36.4 Å². The second-order valence-corrected chi connectivity index (χ2v) is 6.62. The monoisotopic (exact) mass is 326 g/mol. The Balaban J connectivity index is 1.80. The van der Waals surface area contributed by atoms with Gasteiger partial charge in [0.25, 0.3) is 5.91 Å². The van der Waals surface area contributed by atoms with Crippen LogP contribution in [0, 0.1) is 0 Å². The Morgan fingerprint density at radius 3 is 2.61 bits per heavy atom. The molecule has 0 aliphatic heterocycles. The predicted molar refractivity (Wildman–Crippen MR) is 93.6 cm³/mol. The van der Waals surface area contributed by atoms with E-state index < -0.39 is 5.91 Å². The Kier molecular flexibility index (Phi) is 4.57. The lowest BCUT2D eigenvalue weighted by Gasteiger charge is -2.11. The summed E-state index contributed by atoms with van der Waals surface area (Å²) in [4.78, 5) is 25.1. The molecule has 1 heterocycles. The first-order chi connectivity index (χ1) is 11.1. The normalized spacial score (nSPS) is 13.7. The van der Waals surface area contributed by atoms with Crippen LogP contribution in [0.1, 0.15) is 39.2 Å². The zero-order valence-electron chi connectivity index (χ0n) is 12.7. The molecule has 1 aromatic carbocycles. The quantitative estimate of drug-likeness (QED) is 0.846. The number of amides is 2. The van der Waals surface area contributed by atoms with E-state index >= 15 is 0 Å². The molecule has 3 N–H and O–H groups in total. The van der Waals surface area contributed by atoms with Crippen LogP contribution in [0.2, 0.25) is 0 Å². The molecule has 1 aromatic heterocycles. The fourth-order valence-electron chi connectivity index (χ4n) is 2.80. The van der Waals surface area contributed by atoms with Gasteiger partial charge in [-0.3, -0.25) is 9.59 Å². The molecule has 23 heavy (non-hydrogen) atoms. The van der Waals surface area contributed by atoms with E-state index in [1.54, 1.807) is 6.08 Å². The maximum Gasteiger partial charge on any atom is 0.251 e. The van der Waals surface area contributed by atoms with E-state index in [1.165, 1.54) is 22.3 Å². The van der Waals surface area contributed by atoms with Crippen molar-refractivity contribution in [3.63, 3.8) is 0 Å². The van der Waals surface area contributed by atoms with Gasteiger partial charge in [0.05, 0.1) is 5.56 Å². The van der Waals surface area contributed by atoms with Gasteiger partial charge in [0.2, 0.25) is 5.91 Å². The second-order valence-electron chi connectivity index (χ2n) is 5.51. The van der Waals surface area contributed by atoms with Gasteiger partial charge in [0.1, 0.15) is 5.00 Å².